The van der Waals surface area contributed by atoms with Crippen LogP contribution in [0.15, 0.2) is 46.4 Å². The van der Waals surface area contributed by atoms with Crippen LogP contribution in [-0.2, 0) is 10.0 Å². The molecule has 2 aromatic rings. The fourth-order valence-corrected chi connectivity index (χ4v) is 3.01. The molecule has 1 N–H and O–H groups in total. The SMILES string of the molecule is COc1cc(/C=N\N(C)S(=O)(=O)c2ccc(C)cc2)cc([N+](=O)[O-])c1O. The fraction of sp³-hybridized carbons (Fsp3) is 0.188. The number of hydrogen-bond acceptors (Lipinski definition) is 7. The Kier molecular flexibility index (Phi) is 5.46. The van der Waals surface area contributed by atoms with E-state index >= 15 is 0 Å². The summed E-state index contributed by atoms with van der Waals surface area (Å²) in [5.41, 5.74) is 0.533. The molecule has 2 rings (SSSR count). The van der Waals surface area contributed by atoms with E-state index in [1.165, 1.54) is 32.4 Å². The second kappa shape index (κ2) is 7.40. The molecule has 26 heavy (non-hydrogen) atoms. The zero-order valence-electron chi connectivity index (χ0n) is 14.3. The smallest absolute Gasteiger partial charge is 0.315 e. The number of nitro benzene ring substituents is 1. The van der Waals surface area contributed by atoms with E-state index in [0.717, 1.165) is 22.3 Å². The quantitative estimate of drug-likeness (QED) is 0.467. The standard InChI is InChI=1S/C16H17N3O6S/c1-11-4-6-13(7-5-11)26(23,24)18(2)17-10-12-8-14(19(21)22)16(20)15(9-12)25-3/h4-10,20H,1-3H3/b17-10-. The Balaban J connectivity index is 2.35. The number of rotatable bonds is 6. The predicted octanol–water partition coefficient (Wildman–Crippen LogP) is 2.27. The van der Waals surface area contributed by atoms with E-state index in [0.29, 0.717) is 0 Å². The minimum absolute atomic E-state index is 0.0667. The van der Waals surface area contributed by atoms with Gasteiger partial charge in [0.05, 0.1) is 23.1 Å². The number of methoxy groups -OCH3 is 1. The molecule has 0 fully saturated rings. The molecule has 0 unspecified atom stereocenters. The van der Waals surface area contributed by atoms with Gasteiger partial charge in [-0.1, -0.05) is 17.7 Å². The van der Waals surface area contributed by atoms with E-state index in [2.05, 4.69) is 5.10 Å². The van der Waals surface area contributed by atoms with Gasteiger partial charge in [0.15, 0.2) is 5.75 Å². The van der Waals surface area contributed by atoms with Crippen molar-refractivity contribution in [1.82, 2.24) is 4.41 Å². The van der Waals surface area contributed by atoms with Crippen molar-refractivity contribution in [2.24, 2.45) is 5.10 Å². The summed E-state index contributed by atoms with van der Waals surface area (Å²) >= 11 is 0. The van der Waals surface area contributed by atoms with Crippen molar-refractivity contribution in [3.8, 4) is 11.5 Å². The summed E-state index contributed by atoms with van der Waals surface area (Å²) in [5, 5.41) is 24.6. The number of ether oxygens (including phenoxy) is 1. The van der Waals surface area contributed by atoms with Gasteiger partial charge in [-0.3, -0.25) is 10.1 Å². The first kappa shape index (κ1) is 19.2. The highest BCUT2D eigenvalue weighted by atomic mass is 32.2. The third-order valence-corrected chi connectivity index (χ3v) is 5.19. The third kappa shape index (κ3) is 3.91. The van der Waals surface area contributed by atoms with Gasteiger partial charge in [-0.25, -0.2) is 0 Å². The summed E-state index contributed by atoms with van der Waals surface area (Å²) in [6.45, 7) is 1.84. The Morgan fingerprint density at radius 1 is 1.27 bits per heavy atom. The number of hydrazone groups is 1. The Labute approximate surface area is 150 Å². The number of nitro groups is 1. The van der Waals surface area contributed by atoms with E-state index in [-0.39, 0.29) is 16.2 Å². The largest absolute Gasteiger partial charge is 0.500 e. The van der Waals surface area contributed by atoms with Crippen molar-refractivity contribution >= 4 is 21.9 Å². The van der Waals surface area contributed by atoms with Gasteiger partial charge in [0.25, 0.3) is 10.0 Å². The minimum atomic E-state index is -3.86. The Hall–Kier alpha value is -3.14. The van der Waals surface area contributed by atoms with Crippen molar-refractivity contribution in [3.63, 3.8) is 0 Å². The van der Waals surface area contributed by atoms with Crippen LogP contribution in [0.1, 0.15) is 11.1 Å². The summed E-state index contributed by atoms with van der Waals surface area (Å²) in [6.07, 6.45) is 1.13. The molecule has 2 aromatic carbocycles. The van der Waals surface area contributed by atoms with Crippen molar-refractivity contribution in [3.05, 3.63) is 57.6 Å². The molecule has 0 radical (unpaired) electrons. The maximum absolute atomic E-state index is 12.5. The van der Waals surface area contributed by atoms with Gasteiger partial charge in [0, 0.05) is 18.7 Å². The lowest BCUT2D eigenvalue weighted by Gasteiger charge is -2.13. The van der Waals surface area contributed by atoms with Crippen molar-refractivity contribution < 1.29 is 23.2 Å². The van der Waals surface area contributed by atoms with Crippen molar-refractivity contribution in [1.29, 1.82) is 0 Å². The second-order valence-corrected chi connectivity index (χ2v) is 7.29. The van der Waals surface area contributed by atoms with Crippen LogP contribution in [0.4, 0.5) is 5.69 Å². The van der Waals surface area contributed by atoms with Gasteiger partial charge in [-0.2, -0.15) is 17.9 Å². The number of aryl methyl sites for hydroxylation is 1. The maximum Gasteiger partial charge on any atom is 0.315 e. The van der Waals surface area contributed by atoms with Crippen LogP contribution in [-0.4, -0.2) is 43.2 Å². The molecular weight excluding hydrogens is 362 g/mol. The zero-order valence-corrected chi connectivity index (χ0v) is 15.1. The monoisotopic (exact) mass is 379 g/mol. The lowest BCUT2D eigenvalue weighted by atomic mass is 10.2. The fourth-order valence-electron chi connectivity index (χ4n) is 2.06. The van der Waals surface area contributed by atoms with Crippen molar-refractivity contribution in [2.75, 3.05) is 14.2 Å². The minimum Gasteiger partial charge on any atom is -0.500 e. The van der Waals surface area contributed by atoms with Gasteiger partial charge >= 0.3 is 5.69 Å². The highest BCUT2D eigenvalue weighted by Gasteiger charge is 2.21. The number of nitrogens with zero attached hydrogens (tertiary/aromatic N) is 3. The summed E-state index contributed by atoms with van der Waals surface area (Å²) in [5.74, 6) is -0.736. The van der Waals surface area contributed by atoms with E-state index in [1.807, 2.05) is 6.92 Å². The average molecular weight is 379 g/mol. The molecule has 0 saturated carbocycles. The van der Waals surface area contributed by atoms with Crippen LogP contribution < -0.4 is 4.74 Å². The van der Waals surface area contributed by atoms with Gasteiger partial charge in [-0.15, -0.1) is 0 Å². The molecule has 0 amide bonds. The number of hydrogen-bond donors (Lipinski definition) is 1. The van der Waals surface area contributed by atoms with E-state index < -0.39 is 26.4 Å². The summed E-state index contributed by atoms with van der Waals surface area (Å²) in [6, 6.07) is 8.62. The first-order valence-electron chi connectivity index (χ1n) is 7.31. The van der Waals surface area contributed by atoms with Gasteiger partial charge in [0.1, 0.15) is 0 Å². The first-order chi connectivity index (χ1) is 12.2. The number of aromatic hydroxyl groups is 1. The molecule has 0 bridgehead atoms. The van der Waals surface area contributed by atoms with Crippen molar-refractivity contribution in [2.45, 2.75) is 11.8 Å². The van der Waals surface area contributed by atoms with Crippen LogP contribution >= 0.6 is 0 Å². The molecule has 0 spiro atoms. The molecule has 9 nitrogen and oxygen atoms in total. The summed E-state index contributed by atoms with van der Waals surface area (Å²) in [7, 11) is -1.36. The number of sulfonamides is 1. The van der Waals surface area contributed by atoms with Crippen LogP contribution in [0.5, 0.6) is 11.5 Å². The van der Waals surface area contributed by atoms with Crippen LogP contribution in [0.2, 0.25) is 0 Å². The normalized spacial score (nSPS) is 11.5. The summed E-state index contributed by atoms with van der Waals surface area (Å²) in [4.78, 5) is 10.3. The molecule has 0 heterocycles. The molecule has 138 valence electrons. The predicted molar refractivity (Wildman–Crippen MR) is 95.0 cm³/mol. The maximum atomic E-state index is 12.5. The molecule has 0 aliphatic rings. The van der Waals surface area contributed by atoms with Gasteiger partial charge < -0.3 is 9.84 Å². The van der Waals surface area contributed by atoms with E-state index in [4.69, 9.17) is 4.74 Å². The molecular formula is C16H17N3O6S. The molecule has 0 aromatic heterocycles. The Morgan fingerprint density at radius 2 is 1.88 bits per heavy atom. The highest BCUT2D eigenvalue weighted by molar-refractivity contribution is 7.89. The zero-order chi connectivity index (χ0) is 19.5. The molecule has 0 atom stereocenters. The number of phenolic OH excluding ortho intramolecular Hbond substituents is 1. The third-order valence-electron chi connectivity index (χ3n) is 3.53. The molecule has 0 aliphatic heterocycles. The molecule has 0 aliphatic carbocycles. The molecule has 10 heteroatoms. The lowest BCUT2D eigenvalue weighted by molar-refractivity contribution is -0.386. The Morgan fingerprint density at radius 3 is 2.42 bits per heavy atom. The van der Waals surface area contributed by atoms with Gasteiger partial charge in [-0.05, 0) is 25.1 Å². The lowest BCUT2D eigenvalue weighted by Crippen LogP contribution is -2.21. The summed E-state index contributed by atoms with van der Waals surface area (Å²) < 4.78 is 30.5. The topological polar surface area (TPSA) is 122 Å². The van der Waals surface area contributed by atoms with Crippen LogP contribution in [0.25, 0.3) is 0 Å². The highest BCUT2D eigenvalue weighted by Crippen LogP contribution is 2.36. The van der Waals surface area contributed by atoms with Crippen LogP contribution in [0.3, 0.4) is 0 Å². The second-order valence-electron chi connectivity index (χ2n) is 5.34. The average Bonchev–Trinajstić information content (AvgIpc) is 2.60. The van der Waals surface area contributed by atoms with Gasteiger partial charge in [0.2, 0.25) is 5.75 Å². The van der Waals surface area contributed by atoms with E-state index in [1.54, 1.807) is 12.1 Å². The van der Waals surface area contributed by atoms with Crippen LogP contribution in [0, 0.1) is 17.0 Å². The molecule has 0 saturated heterocycles. The number of benzene rings is 2. The first-order valence-corrected chi connectivity index (χ1v) is 8.75. The Bertz CT molecular complexity index is 955. The van der Waals surface area contributed by atoms with E-state index in [9.17, 15) is 23.6 Å². The number of phenols is 1.